The second kappa shape index (κ2) is 4.61. The molecule has 0 aliphatic carbocycles. The van der Waals surface area contributed by atoms with Crippen molar-refractivity contribution in [3.05, 3.63) is 0 Å². The molecule has 5 nitrogen and oxygen atoms in total. The number of rotatable bonds is 3. The third-order valence-corrected chi connectivity index (χ3v) is 2.40. The Morgan fingerprint density at radius 3 is 2.27 bits per heavy atom. The number of carbonyl (C=O) groups is 2. The van der Waals surface area contributed by atoms with Crippen molar-refractivity contribution in [1.29, 1.82) is 0 Å². The first-order chi connectivity index (χ1) is 6.91. The molecule has 3 N–H and O–H groups in total. The predicted molar refractivity (Wildman–Crippen MR) is 55.0 cm³/mol. The third kappa shape index (κ3) is 2.92. The highest BCUT2D eigenvalue weighted by Gasteiger charge is 2.35. The highest BCUT2D eigenvalue weighted by atomic mass is 16.3. The summed E-state index contributed by atoms with van der Waals surface area (Å²) in [5.74, 6) is -0.186. The van der Waals surface area contributed by atoms with Crippen LogP contribution in [0.5, 0.6) is 0 Å². The zero-order valence-electron chi connectivity index (χ0n) is 9.28. The van der Waals surface area contributed by atoms with Crippen molar-refractivity contribution in [2.45, 2.75) is 45.4 Å². The fraction of sp³-hybridized carbons (Fsp3) is 0.800. The summed E-state index contributed by atoms with van der Waals surface area (Å²) in [5, 5.41) is 14.4. The number of aliphatic hydroxyl groups excluding tert-OH is 1. The SMILES string of the molecule is CC(C)C[C@@H]1NC(=O)[C@H]([C@@H](C)O)NC1=O. The third-order valence-electron chi connectivity index (χ3n) is 2.40. The number of aliphatic hydroxyl groups is 1. The number of amides is 2. The minimum atomic E-state index is -0.867. The summed E-state index contributed by atoms with van der Waals surface area (Å²) >= 11 is 0. The van der Waals surface area contributed by atoms with Crippen LogP contribution >= 0.6 is 0 Å². The maximum Gasteiger partial charge on any atom is 0.245 e. The fourth-order valence-electron chi connectivity index (χ4n) is 1.62. The lowest BCUT2D eigenvalue weighted by molar-refractivity contribution is -0.139. The van der Waals surface area contributed by atoms with Crippen molar-refractivity contribution in [2.24, 2.45) is 5.92 Å². The van der Waals surface area contributed by atoms with Gasteiger partial charge < -0.3 is 15.7 Å². The Morgan fingerprint density at radius 2 is 1.80 bits per heavy atom. The van der Waals surface area contributed by atoms with Gasteiger partial charge in [0.05, 0.1) is 6.10 Å². The second-order valence-electron chi connectivity index (χ2n) is 4.42. The van der Waals surface area contributed by atoms with E-state index in [0.717, 1.165) is 0 Å². The molecule has 15 heavy (non-hydrogen) atoms. The van der Waals surface area contributed by atoms with E-state index in [0.29, 0.717) is 12.3 Å². The molecule has 0 saturated carbocycles. The van der Waals surface area contributed by atoms with Crippen LogP contribution in [0.15, 0.2) is 0 Å². The molecule has 1 rings (SSSR count). The standard InChI is InChI=1S/C10H18N2O3/c1-5(2)4-7-9(14)12-8(6(3)13)10(15)11-7/h5-8,13H,4H2,1-3H3,(H,11,15)(H,12,14)/t6-,7+,8+/m1/s1. The van der Waals surface area contributed by atoms with Crippen molar-refractivity contribution < 1.29 is 14.7 Å². The minimum absolute atomic E-state index is 0.214. The molecule has 1 aliphatic rings. The van der Waals surface area contributed by atoms with Crippen LogP contribution in [0.25, 0.3) is 0 Å². The first kappa shape index (κ1) is 12.0. The smallest absolute Gasteiger partial charge is 0.245 e. The topological polar surface area (TPSA) is 78.4 Å². The van der Waals surface area contributed by atoms with E-state index in [4.69, 9.17) is 0 Å². The summed E-state index contributed by atoms with van der Waals surface area (Å²) in [6, 6.07) is -1.28. The average molecular weight is 214 g/mol. The van der Waals surface area contributed by atoms with Crippen LogP contribution in [0.3, 0.4) is 0 Å². The summed E-state index contributed by atoms with van der Waals surface area (Å²) in [7, 11) is 0. The highest BCUT2D eigenvalue weighted by molar-refractivity contribution is 5.97. The molecule has 1 saturated heterocycles. The van der Waals surface area contributed by atoms with Crippen LogP contribution in [0, 0.1) is 5.92 Å². The molecule has 1 heterocycles. The van der Waals surface area contributed by atoms with E-state index in [-0.39, 0.29) is 11.8 Å². The van der Waals surface area contributed by atoms with Gasteiger partial charge in [-0.3, -0.25) is 9.59 Å². The minimum Gasteiger partial charge on any atom is -0.391 e. The quantitative estimate of drug-likeness (QED) is 0.587. The summed E-state index contributed by atoms with van der Waals surface area (Å²) in [5.41, 5.74) is 0. The second-order valence-corrected chi connectivity index (χ2v) is 4.42. The van der Waals surface area contributed by atoms with Gasteiger partial charge in [-0.05, 0) is 19.3 Å². The fourth-order valence-corrected chi connectivity index (χ4v) is 1.62. The largest absolute Gasteiger partial charge is 0.391 e. The van der Waals surface area contributed by atoms with Crippen LogP contribution in [-0.2, 0) is 9.59 Å². The molecule has 3 atom stereocenters. The van der Waals surface area contributed by atoms with Crippen molar-refractivity contribution >= 4 is 11.8 Å². The monoisotopic (exact) mass is 214 g/mol. The van der Waals surface area contributed by atoms with Gasteiger partial charge in [-0.25, -0.2) is 0 Å². The van der Waals surface area contributed by atoms with E-state index < -0.39 is 18.2 Å². The van der Waals surface area contributed by atoms with E-state index in [9.17, 15) is 14.7 Å². The highest BCUT2D eigenvalue weighted by Crippen LogP contribution is 2.09. The van der Waals surface area contributed by atoms with Crippen molar-refractivity contribution in [3.8, 4) is 0 Å². The Hall–Kier alpha value is -1.10. The maximum absolute atomic E-state index is 11.6. The average Bonchev–Trinajstić information content (AvgIpc) is 2.09. The molecule has 0 radical (unpaired) electrons. The molecule has 5 heteroatoms. The molecule has 0 bridgehead atoms. The van der Waals surface area contributed by atoms with Gasteiger partial charge in [0, 0.05) is 0 Å². The van der Waals surface area contributed by atoms with Gasteiger partial charge in [-0.2, -0.15) is 0 Å². The van der Waals surface area contributed by atoms with Crippen LogP contribution < -0.4 is 10.6 Å². The van der Waals surface area contributed by atoms with Gasteiger partial charge >= 0.3 is 0 Å². The number of nitrogens with one attached hydrogen (secondary N) is 2. The summed E-state index contributed by atoms with van der Waals surface area (Å²) < 4.78 is 0. The van der Waals surface area contributed by atoms with Crippen molar-refractivity contribution in [2.75, 3.05) is 0 Å². The lowest BCUT2D eigenvalue weighted by Crippen LogP contribution is -2.64. The van der Waals surface area contributed by atoms with E-state index in [1.165, 1.54) is 6.92 Å². The van der Waals surface area contributed by atoms with Crippen LogP contribution in [0.1, 0.15) is 27.2 Å². The molecule has 0 aromatic rings. The Labute approximate surface area is 89.2 Å². The normalized spacial score (nSPS) is 28.6. The Balaban J connectivity index is 2.63. The van der Waals surface area contributed by atoms with Gasteiger partial charge in [-0.1, -0.05) is 13.8 Å². The zero-order chi connectivity index (χ0) is 11.6. The van der Waals surface area contributed by atoms with E-state index in [1.807, 2.05) is 13.8 Å². The first-order valence-electron chi connectivity index (χ1n) is 5.20. The van der Waals surface area contributed by atoms with Crippen LogP contribution in [0.4, 0.5) is 0 Å². The van der Waals surface area contributed by atoms with Crippen LogP contribution in [0.2, 0.25) is 0 Å². The van der Waals surface area contributed by atoms with Gasteiger partial charge in [-0.15, -0.1) is 0 Å². The summed E-state index contributed by atoms with van der Waals surface area (Å²) in [6.45, 7) is 5.45. The Kier molecular flexibility index (Phi) is 3.68. The molecular formula is C10H18N2O3. The van der Waals surface area contributed by atoms with Gasteiger partial charge in [0.2, 0.25) is 11.8 Å². The number of piperazine rings is 1. The molecule has 0 aromatic heterocycles. The molecule has 1 aliphatic heterocycles. The summed E-state index contributed by atoms with van der Waals surface area (Å²) in [6.07, 6.45) is -0.252. The molecule has 0 aromatic carbocycles. The number of carbonyl (C=O) groups excluding carboxylic acids is 2. The van der Waals surface area contributed by atoms with Crippen molar-refractivity contribution in [1.82, 2.24) is 10.6 Å². The molecule has 0 unspecified atom stereocenters. The van der Waals surface area contributed by atoms with Crippen molar-refractivity contribution in [3.63, 3.8) is 0 Å². The predicted octanol–water partition coefficient (Wildman–Crippen LogP) is -0.603. The Morgan fingerprint density at radius 1 is 1.20 bits per heavy atom. The van der Waals surface area contributed by atoms with Gasteiger partial charge in [0.15, 0.2) is 0 Å². The summed E-state index contributed by atoms with van der Waals surface area (Å²) in [4.78, 5) is 23.0. The van der Waals surface area contributed by atoms with Gasteiger partial charge in [0.25, 0.3) is 0 Å². The molecular weight excluding hydrogens is 196 g/mol. The maximum atomic E-state index is 11.6. The van der Waals surface area contributed by atoms with E-state index in [1.54, 1.807) is 0 Å². The lowest BCUT2D eigenvalue weighted by Gasteiger charge is -2.31. The molecule has 1 fully saturated rings. The molecule has 86 valence electrons. The molecule has 2 amide bonds. The van der Waals surface area contributed by atoms with E-state index in [2.05, 4.69) is 10.6 Å². The molecule has 0 spiro atoms. The lowest BCUT2D eigenvalue weighted by atomic mass is 9.99. The first-order valence-corrected chi connectivity index (χ1v) is 5.20. The number of hydrogen-bond donors (Lipinski definition) is 3. The van der Waals surface area contributed by atoms with Gasteiger partial charge in [0.1, 0.15) is 12.1 Å². The van der Waals surface area contributed by atoms with E-state index >= 15 is 0 Å². The van der Waals surface area contributed by atoms with Crippen LogP contribution in [-0.4, -0.2) is 35.1 Å². The Bertz CT molecular complexity index is 263. The zero-order valence-corrected chi connectivity index (χ0v) is 9.28. The number of hydrogen-bond acceptors (Lipinski definition) is 3.